The number of ether oxygens (including phenoxy) is 1. The van der Waals surface area contributed by atoms with Gasteiger partial charge in [-0.2, -0.15) is 0 Å². The second-order valence-electron chi connectivity index (χ2n) is 6.22. The van der Waals surface area contributed by atoms with E-state index in [4.69, 9.17) is 4.74 Å². The van der Waals surface area contributed by atoms with Crippen molar-refractivity contribution in [2.45, 2.75) is 20.4 Å². The Kier molecular flexibility index (Phi) is 4.71. The second-order valence-corrected chi connectivity index (χ2v) is 8.45. The Hall–Kier alpha value is -2.29. The van der Waals surface area contributed by atoms with Crippen LogP contribution >= 0.6 is 0 Å². The topological polar surface area (TPSA) is 16.4 Å². The van der Waals surface area contributed by atoms with Gasteiger partial charge >= 0.3 is 161 Å². The predicted octanol–water partition coefficient (Wildman–Crippen LogP) is 3.32. The van der Waals surface area contributed by atoms with E-state index in [0.29, 0.717) is 15.0 Å². The van der Waals surface area contributed by atoms with Gasteiger partial charge in [0.1, 0.15) is 0 Å². The average molecular weight is 410 g/mol. The van der Waals surface area contributed by atoms with Crippen LogP contribution in [0.25, 0.3) is 17.0 Å². The van der Waals surface area contributed by atoms with Gasteiger partial charge in [-0.25, -0.2) is 0 Å². The van der Waals surface area contributed by atoms with E-state index in [2.05, 4.69) is 77.9 Å². The first kappa shape index (κ1) is 17.1. The zero-order valence-corrected chi connectivity index (χ0v) is 17.1. The number of anilines is 1. The molecule has 0 radical (unpaired) electrons. The molecule has 3 aromatic rings. The Balaban J connectivity index is 1.81. The van der Waals surface area contributed by atoms with Crippen LogP contribution in [0.4, 0.5) is 5.69 Å². The van der Waals surface area contributed by atoms with Crippen LogP contribution < -0.4 is 18.7 Å². The number of para-hydroxylation sites is 1. The summed E-state index contributed by atoms with van der Waals surface area (Å²) in [6, 6.07) is 19.5. The van der Waals surface area contributed by atoms with Crippen molar-refractivity contribution in [3.05, 3.63) is 64.9 Å². The number of pyridine rings is 1. The number of nitrogens with zero attached hydrogens (tertiary/aromatic N) is 2. The van der Waals surface area contributed by atoms with Crippen molar-refractivity contribution in [2.75, 3.05) is 18.6 Å². The van der Waals surface area contributed by atoms with Crippen molar-refractivity contribution in [3.8, 4) is 5.75 Å². The maximum atomic E-state index is 5.37. The molecule has 0 atom stereocenters. The first-order chi connectivity index (χ1) is 12.7. The van der Waals surface area contributed by atoms with Crippen molar-refractivity contribution in [1.82, 2.24) is 0 Å². The molecule has 1 aliphatic heterocycles. The molecule has 132 valence electrons. The summed E-state index contributed by atoms with van der Waals surface area (Å²) in [6.45, 7) is 6.38. The SMILES string of the molecule is CCN1/C(=C/c2ccc3cc(OC)ccc3[n+]2CC)[Se]c2ccccc21. The van der Waals surface area contributed by atoms with Gasteiger partial charge in [0.2, 0.25) is 0 Å². The summed E-state index contributed by atoms with van der Waals surface area (Å²) in [5, 5.41) is 1.21. The van der Waals surface area contributed by atoms with Crippen molar-refractivity contribution in [1.29, 1.82) is 0 Å². The van der Waals surface area contributed by atoms with Gasteiger partial charge in [-0.1, -0.05) is 0 Å². The van der Waals surface area contributed by atoms with E-state index < -0.39 is 0 Å². The fourth-order valence-electron chi connectivity index (χ4n) is 3.54. The van der Waals surface area contributed by atoms with E-state index in [1.54, 1.807) is 7.11 Å². The molecule has 26 heavy (non-hydrogen) atoms. The molecule has 4 heteroatoms. The first-order valence-electron chi connectivity index (χ1n) is 9.02. The van der Waals surface area contributed by atoms with Crippen LogP contribution in [0.2, 0.25) is 0 Å². The van der Waals surface area contributed by atoms with Crippen LogP contribution in [0.3, 0.4) is 0 Å². The van der Waals surface area contributed by atoms with Gasteiger partial charge in [-0.05, 0) is 0 Å². The van der Waals surface area contributed by atoms with Crippen LogP contribution in [0.15, 0.2) is 59.2 Å². The third-order valence-electron chi connectivity index (χ3n) is 4.81. The van der Waals surface area contributed by atoms with Crippen LogP contribution in [0, 0.1) is 0 Å². The molecule has 2 heterocycles. The van der Waals surface area contributed by atoms with Crippen molar-refractivity contribution in [3.63, 3.8) is 0 Å². The Morgan fingerprint density at radius 3 is 2.69 bits per heavy atom. The van der Waals surface area contributed by atoms with Gasteiger partial charge in [-0.3, -0.25) is 0 Å². The van der Waals surface area contributed by atoms with E-state index in [0.717, 1.165) is 18.8 Å². The molecular formula is C22H23N2OSe+. The van der Waals surface area contributed by atoms with Crippen molar-refractivity contribution in [2.24, 2.45) is 0 Å². The predicted molar refractivity (Wildman–Crippen MR) is 109 cm³/mol. The fraction of sp³-hybridized carbons (Fsp3) is 0.227. The zero-order chi connectivity index (χ0) is 18.1. The summed E-state index contributed by atoms with van der Waals surface area (Å²) >= 11 is 0.354. The van der Waals surface area contributed by atoms with E-state index in [1.807, 2.05) is 6.07 Å². The number of rotatable bonds is 4. The summed E-state index contributed by atoms with van der Waals surface area (Å²) in [7, 11) is 1.72. The summed E-state index contributed by atoms with van der Waals surface area (Å²) in [4.78, 5) is 2.45. The molecular weight excluding hydrogens is 387 g/mol. The Labute approximate surface area is 161 Å². The molecule has 0 saturated heterocycles. The third kappa shape index (κ3) is 2.90. The number of hydrogen-bond acceptors (Lipinski definition) is 2. The quantitative estimate of drug-likeness (QED) is 0.485. The van der Waals surface area contributed by atoms with Gasteiger partial charge < -0.3 is 0 Å². The summed E-state index contributed by atoms with van der Waals surface area (Å²) < 4.78 is 10.7. The minimum absolute atomic E-state index is 0.354. The normalized spacial score (nSPS) is 14.9. The Morgan fingerprint density at radius 2 is 1.92 bits per heavy atom. The average Bonchev–Trinajstić information content (AvgIpc) is 3.04. The molecule has 1 aromatic heterocycles. The fourth-order valence-corrected chi connectivity index (χ4v) is 5.99. The van der Waals surface area contributed by atoms with E-state index in [1.165, 1.54) is 31.3 Å². The van der Waals surface area contributed by atoms with Crippen molar-refractivity contribution >= 4 is 42.1 Å². The standard InChI is InChI=1S/C22H23N2OSe/c1-4-23-17(11-10-16-14-18(25-3)12-13-19(16)23)15-22-24(5-2)20-8-6-7-9-21(20)26-22/h6-15H,4-5H2,1-3H3/q+1. The first-order valence-corrected chi connectivity index (χ1v) is 10.7. The summed E-state index contributed by atoms with van der Waals surface area (Å²) in [6.07, 6.45) is 2.37. The van der Waals surface area contributed by atoms with E-state index >= 15 is 0 Å². The van der Waals surface area contributed by atoms with E-state index in [9.17, 15) is 0 Å². The maximum absolute atomic E-state index is 5.37. The molecule has 3 nitrogen and oxygen atoms in total. The molecule has 0 unspecified atom stereocenters. The molecule has 4 rings (SSSR count). The van der Waals surface area contributed by atoms with E-state index in [-0.39, 0.29) is 0 Å². The summed E-state index contributed by atoms with van der Waals surface area (Å²) in [5.41, 5.74) is 3.87. The number of fused-ring (bicyclic) bond motifs is 2. The van der Waals surface area contributed by atoms with Crippen molar-refractivity contribution < 1.29 is 9.30 Å². The third-order valence-corrected chi connectivity index (χ3v) is 7.15. The zero-order valence-electron chi connectivity index (χ0n) is 15.4. The second kappa shape index (κ2) is 7.14. The minimum atomic E-state index is 0.354. The van der Waals surface area contributed by atoms with Crippen LogP contribution in [-0.4, -0.2) is 28.6 Å². The molecule has 0 bridgehead atoms. The molecule has 0 amide bonds. The molecule has 0 N–H and O–H groups in total. The van der Waals surface area contributed by atoms with Gasteiger partial charge in [-0.15, -0.1) is 0 Å². The van der Waals surface area contributed by atoms with Crippen LogP contribution in [-0.2, 0) is 6.54 Å². The monoisotopic (exact) mass is 411 g/mol. The molecule has 2 aromatic carbocycles. The van der Waals surface area contributed by atoms with Gasteiger partial charge in [0.15, 0.2) is 0 Å². The Morgan fingerprint density at radius 1 is 1.08 bits per heavy atom. The number of aryl methyl sites for hydroxylation is 1. The van der Waals surface area contributed by atoms with Crippen LogP contribution in [0.1, 0.15) is 19.5 Å². The molecule has 0 aliphatic carbocycles. The van der Waals surface area contributed by atoms with Gasteiger partial charge in [0.05, 0.1) is 0 Å². The molecule has 0 spiro atoms. The molecule has 1 aliphatic rings. The molecule has 0 fully saturated rings. The Bertz CT molecular complexity index is 997. The van der Waals surface area contributed by atoms with Gasteiger partial charge in [0.25, 0.3) is 0 Å². The molecule has 0 saturated carbocycles. The summed E-state index contributed by atoms with van der Waals surface area (Å²) in [5.74, 6) is 0.901. The number of benzene rings is 2. The number of aromatic nitrogens is 1. The van der Waals surface area contributed by atoms with Crippen LogP contribution in [0.5, 0.6) is 5.75 Å². The number of hydrogen-bond donors (Lipinski definition) is 0. The number of methoxy groups -OCH3 is 1. The van der Waals surface area contributed by atoms with Gasteiger partial charge in [0, 0.05) is 0 Å².